The van der Waals surface area contributed by atoms with Gasteiger partial charge >= 0.3 is 0 Å². The second-order valence-corrected chi connectivity index (χ2v) is 8.14. The number of methoxy groups -OCH3 is 1. The maximum atomic E-state index is 12.8. The number of hydrogen-bond acceptors (Lipinski definition) is 5. The van der Waals surface area contributed by atoms with E-state index in [2.05, 4.69) is 5.32 Å². The summed E-state index contributed by atoms with van der Waals surface area (Å²) in [5.74, 6) is 0.460. The minimum absolute atomic E-state index is 0.0621. The molecule has 0 spiro atoms. The Bertz CT molecular complexity index is 907. The van der Waals surface area contributed by atoms with Crippen LogP contribution in [-0.4, -0.2) is 30.1 Å². The van der Waals surface area contributed by atoms with Gasteiger partial charge in [0, 0.05) is 22.9 Å². The van der Waals surface area contributed by atoms with Gasteiger partial charge in [0.15, 0.2) is 0 Å². The maximum absolute atomic E-state index is 12.8. The second-order valence-electron chi connectivity index (χ2n) is 6.86. The van der Waals surface area contributed by atoms with Gasteiger partial charge in [0.05, 0.1) is 18.0 Å². The van der Waals surface area contributed by atoms with Crippen molar-refractivity contribution < 1.29 is 19.1 Å². The van der Waals surface area contributed by atoms with Gasteiger partial charge in [-0.15, -0.1) is 11.8 Å². The van der Waals surface area contributed by atoms with E-state index in [1.807, 2.05) is 24.3 Å². The minimum atomic E-state index is -0.457. The highest BCUT2D eigenvalue weighted by Crippen LogP contribution is 2.35. The van der Waals surface area contributed by atoms with Crippen molar-refractivity contribution >= 4 is 40.9 Å². The molecule has 0 aromatic heterocycles. The van der Waals surface area contributed by atoms with Crippen molar-refractivity contribution in [2.24, 2.45) is 5.92 Å². The zero-order valence-corrected chi connectivity index (χ0v) is 16.2. The standard InChI is InChI=1S/C21H20N2O4S/c1-27-16-8-6-15(7-9-16)23-19(24)12-18(21(23)26)28-17-10-4-14(5-11-17)22-20(25)13-2-3-13/h4-11,13,18H,2-3,12H2,1H3,(H,22,25)/t18-/m0/s1. The van der Waals surface area contributed by atoms with Crippen LogP contribution in [0.3, 0.4) is 0 Å². The summed E-state index contributed by atoms with van der Waals surface area (Å²) in [7, 11) is 1.57. The van der Waals surface area contributed by atoms with E-state index in [0.717, 1.165) is 23.4 Å². The van der Waals surface area contributed by atoms with Crippen molar-refractivity contribution in [2.75, 3.05) is 17.3 Å². The molecule has 0 bridgehead atoms. The van der Waals surface area contributed by atoms with Gasteiger partial charge in [-0.25, -0.2) is 4.90 Å². The summed E-state index contributed by atoms with van der Waals surface area (Å²) in [4.78, 5) is 39.1. The number of imide groups is 1. The van der Waals surface area contributed by atoms with Gasteiger partial charge in [-0.2, -0.15) is 0 Å². The molecule has 1 heterocycles. The lowest BCUT2D eigenvalue weighted by Gasteiger charge is -2.15. The number of benzene rings is 2. The molecule has 0 radical (unpaired) electrons. The summed E-state index contributed by atoms with van der Waals surface area (Å²) >= 11 is 1.37. The first-order valence-corrected chi connectivity index (χ1v) is 10.0. The fourth-order valence-corrected chi connectivity index (χ4v) is 4.12. The Hall–Kier alpha value is -2.80. The number of nitrogens with zero attached hydrogens (tertiary/aromatic N) is 1. The molecule has 1 saturated carbocycles. The van der Waals surface area contributed by atoms with Crippen LogP contribution in [0.5, 0.6) is 5.75 Å². The smallest absolute Gasteiger partial charge is 0.247 e. The van der Waals surface area contributed by atoms with E-state index in [1.165, 1.54) is 16.7 Å². The molecule has 28 heavy (non-hydrogen) atoms. The van der Waals surface area contributed by atoms with E-state index in [-0.39, 0.29) is 30.1 Å². The Kier molecular flexibility index (Phi) is 5.09. The van der Waals surface area contributed by atoms with Gasteiger partial charge in [-0.05, 0) is 61.4 Å². The van der Waals surface area contributed by atoms with Gasteiger partial charge in [0.2, 0.25) is 17.7 Å². The summed E-state index contributed by atoms with van der Waals surface area (Å²) in [6, 6.07) is 14.2. The molecule has 3 amide bonds. The van der Waals surface area contributed by atoms with Gasteiger partial charge in [0.25, 0.3) is 0 Å². The van der Waals surface area contributed by atoms with Crippen LogP contribution >= 0.6 is 11.8 Å². The van der Waals surface area contributed by atoms with Crippen LogP contribution in [-0.2, 0) is 14.4 Å². The number of carbonyl (C=O) groups is 3. The van der Waals surface area contributed by atoms with E-state index in [4.69, 9.17) is 4.74 Å². The Morgan fingerprint density at radius 2 is 1.75 bits per heavy atom. The number of anilines is 2. The highest BCUT2D eigenvalue weighted by molar-refractivity contribution is 8.00. The van der Waals surface area contributed by atoms with Gasteiger partial charge in [0.1, 0.15) is 5.75 Å². The summed E-state index contributed by atoms with van der Waals surface area (Å²) in [5, 5.41) is 2.43. The van der Waals surface area contributed by atoms with Crippen LogP contribution in [0.4, 0.5) is 11.4 Å². The lowest BCUT2D eigenvalue weighted by molar-refractivity contribution is -0.121. The van der Waals surface area contributed by atoms with Crippen LogP contribution in [0.25, 0.3) is 0 Å². The van der Waals surface area contributed by atoms with Crippen LogP contribution in [0.15, 0.2) is 53.4 Å². The predicted octanol–water partition coefficient (Wildman–Crippen LogP) is 3.47. The summed E-state index contributed by atoms with van der Waals surface area (Å²) < 4.78 is 5.12. The largest absolute Gasteiger partial charge is 0.497 e. The molecule has 2 aliphatic rings. The van der Waals surface area contributed by atoms with E-state index < -0.39 is 5.25 Å². The number of thioether (sulfide) groups is 1. The van der Waals surface area contributed by atoms with E-state index in [0.29, 0.717) is 11.4 Å². The molecule has 2 fully saturated rings. The molecule has 1 aliphatic heterocycles. The Morgan fingerprint density at radius 1 is 1.07 bits per heavy atom. The number of hydrogen-bond donors (Lipinski definition) is 1. The molecule has 1 aliphatic carbocycles. The molecule has 4 rings (SSSR count). The summed E-state index contributed by atoms with van der Waals surface area (Å²) in [6.45, 7) is 0. The van der Waals surface area contributed by atoms with Gasteiger partial charge in [-0.1, -0.05) is 0 Å². The first-order chi connectivity index (χ1) is 13.5. The fourth-order valence-electron chi connectivity index (χ4n) is 3.07. The zero-order chi connectivity index (χ0) is 19.7. The lowest BCUT2D eigenvalue weighted by atomic mass is 10.3. The number of rotatable bonds is 6. The van der Waals surface area contributed by atoms with Crippen molar-refractivity contribution in [1.29, 1.82) is 0 Å². The minimum Gasteiger partial charge on any atom is -0.497 e. The molecule has 1 atom stereocenters. The Labute approximate surface area is 167 Å². The van der Waals surface area contributed by atoms with E-state index in [1.54, 1.807) is 31.4 Å². The third kappa shape index (κ3) is 3.89. The number of nitrogens with one attached hydrogen (secondary N) is 1. The van der Waals surface area contributed by atoms with Crippen LogP contribution < -0.4 is 15.0 Å². The van der Waals surface area contributed by atoms with Crippen LogP contribution in [0.2, 0.25) is 0 Å². The van der Waals surface area contributed by atoms with Gasteiger partial charge in [-0.3, -0.25) is 14.4 Å². The molecular formula is C21H20N2O4S. The van der Waals surface area contributed by atoms with Crippen molar-refractivity contribution in [3.8, 4) is 5.75 Å². The fraction of sp³-hybridized carbons (Fsp3) is 0.286. The first-order valence-electron chi connectivity index (χ1n) is 9.13. The zero-order valence-electron chi connectivity index (χ0n) is 15.4. The molecule has 7 heteroatoms. The lowest BCUT2D eigenvalue weighted by Crippen LogP contribution is -2.31. The number of ether oxygens (including phenoxy) is 1. The predicted molar refractivity (Wildman–Crippen MR) is 108 cm³/mol. The summed E-state index contributed by atoms with van der Waals surface area (Å²) in [6.07, 6.45) is 2.08. The molecule has 144 valence electrons. The highest BCUT2D eigenvalue weighted by Gasteiger charge is 2.40. The number of amides is 3. The average molecular weight is 396 g/mol. The van der Waals surface area contributed by atoms with E-state index in [9.17, 15) is 14.4 Å². The normalized spacial score (nSPS) is 19.0. The average Bonchev–Trinajstić information content (AvgIpc) is 3.51. The SMILES string of the molecule is COc1ccc(N2C(=O)C[C@H](Sc3ccc(NC(=O)C4CC4)cc3)C2=O)cc1. The summed E-state index contributed by atoms with van der Waals surface area (Å²) in [5.41, 5.74) is 1.30. The van der Waals surface area contributed by atoms with Crippen molar-refractivity contribution in [3.63, 3.8) is 0 Å². The van der Waals surface area contributed by atoms with E-state index >= 15 is 0 Å². The molecule has 0 unspecified atom stereocenters. The third-order valence-corrected chi connectivity index (χ3v) is 5.98. The molecule has 6 nitrogen and oxygen atoms in total. The van der Waals surface area contributed by atoms with Crippen LogP contribution in [0, 0.1) is 5.92 Å². The topological polar surface area (TPSA) is 75.7 Å². The Morgan fingerprint density at radius 3 is 2.36 bits per heavy atom. The quantitative estimate of drug-likeness (QED) is 0.757. The molecule has 1 N–H and O–H groups in total. The van der Waals surface area contributed by atoms with Crippen molar-refractivity contribution in [2.45, 2.75) is 29.4 Å². The molecular weight excluding hydrogens is 376 g/mol. The van der Waals surface area contributed by atoms with Gasteiger partial charge < -0.3 is 10.1 Å². The second kappa shape index (κ2) is 7.67. The van der Waals surface area contributed by atoms with Crippen molar-refractivity contribution in [3.05, 3.63) is 48.5 Å². The monoisotopic (exact) mass is 396 g/mol. The third-order valence-electron chi connectivity index (χ3n) is 4.78. The number of carbonyl (C=O) groups excluding carboxylic acids is 3. The van der Waals surface area contributed by atoms with Crippen LogP contribution in [0.1, 0.15) is 19.3 Å². The maximum Gasteiger partial charge on any atom is 0.247 e. The molecule has 1 saturated heterocycles. The first kappa shape index (κ1) is 18.6. The highest BCUT2D eigenvalue weighted by atomic mass is 32.2. The molecule has 2 aromatic carbocycles. The molecule has 2 aromatic rings. The van der Waals surface area contributed by atoms with Crippen molar-refractivity contribution in [1.82, 2.24) is 0 Å². The Balaban J connectivity index is 1.41.